The number of nitrogens with one attached hydrogen (secondary N) is 1. The average Bonchev–Trinajstić information content (AvgIpc) is 3.23. The topological polar surface area (TPSA) is 94.2 Å². The van der Waals surface area contributed by atoms with Crippen molar-refractivity contribution in [2.24, 2.45) is 5.92 Å². The summed E-state index contributed by atoms with van der Waals surface area (Å²) in [5, 5.41) is 3.15. The number of hydrogen-bond acceptors (Lipinski definition) is 6. The van der Waals surface area contributed by atoms with Crippen LogP contribution in [0.2, 0.25) is 5.02 Å². The zero-order valence-corrected chi connectivity index (χ0v) is 18.5. The molecule has 0 radical (unpaired) electrons. The van der Waals surface area contributed by atoms with Crippen molar-refractivity contribution in [2.45, 2.75) is 24.7 Å². The fourth-order valence-corrected chi connectivity index (χ4v) is 5.61. The van der Waals surface area contributed by atoms with Gasteiger partial charge in [-0.3, -0.25) is 4.79 Å². The first-order valence-corrected chi connectivity index (χ1v) is 11.8. The highest BCUT2D eigenvalue weighted by molar-refractivity contribution is 7.89. The van der Waals surface area contributed by atoms with Crippen molar-refractivity contribution in [2.75, 3.05) is 31.8 Å². The van der Waals surface area contributed by atoms with E-state index in [0.29, 0.717) is 48.2 Å². The van der Waals surface area contributed by atoms with E-state index in [4.69, 9.17) is 25.8 Å². The van der Waals surface area contributed by atoms with Gasteiger partial charge in [0.25, 0.3) is 0 Å². The number of nitrogens with zero attached hydrogens (tertiary/aromatic N) is 1. The van der Waals surface area contributed by atoms with Gasteiger partial charge in [0.05, 0.1) is 12.5 Å². The van der Waals surface area contributed by atoms with Gasteiger partial charge < -0.3 is 19.5 Å². The summed E-state index contributed by atoms with van der Waals surface area (Å²) in [5.41, 5.74) is 0.572. The van der Waals surface area contributed by atoms with E-state index < -0.39 is 15.9 Å². The maximum absolute atomic E-state index is 13.3. The number of sulfonamides is 1. The largest absolute Gasteiger partial charge is 0.492 e. The van der Waals surface area contributed by atoms with E-state index in [1.165, 1.54) is 10.4 Å². The predicted octanol–water partition coefficient (Wildman–Crippen LogP) is 3.51. The molecular formula is C21H23ClN2O6S. The number of piperidine rings is 1. The first kappa shape index (κ1) is 21.7. The Morgan fingerprint density at radius 2 is 2.03 bits per heavy atom. The van der Waals surface area contributed by atoms with Gasteiger partial charge in [0.1, 0.15) is 10.6 Å². The Kier molecular flexibility index (Phi) is 6.27. The van der Waals surface area contributed by atoms with E-state index >= 15 is 0 Å². The second kappa shape index (κ2) is 8.94. The molecule has 4 rings (SSSR count). The fraction of sp³-hybridized carbons (Fsp3) is 0.381. The predicted molar refractivity (Wildman–Crippen MR) is 115 cm³/mol. The summed E-state index contributed by atoms with van der Waals surface area (Å²) in [6, 6.07) is 9.67. The second-order valence-corrected chi connectivity index (χ2v) is 9.63. The molecule has 10 heteroatoms. The van der Waals surface area contributed by atoms with Crippen LogP contribution in [0.1, 0.15) is 19.8 Å². The molecule has 0 aliphatic carbocycles. The Morgan fingerprint density at radius 1 is 1.23 bits per heavy atom. The SMILES string of the molecule is CCOc1ccc(Cl)cc1S(=O)(=O)N1CCC[C@H](C(=O)Nc2ccc3c(c2)OCO3)C1. The minimum absolute atomic E-state index is 0.0127. The average molecular weight is 467 g/mol. The molecule has 1 amide bonds. The van der Waals surface area contributed by atoms with Crippen LogP contribution in [0.3, 0.4) is 0 Å². The van der Waals surface area contributed by atoms with Crippen LogP contribution in [-0.2, 0) is 14.8 Å². The zero-order chi connectivity index (χ0) is 22.0. The van der Waals surface area contributed by atoms with Gasteiger partial charge in [0, 0.05) is 29.9 Å². The number of carbonyl (C=O) groups excluding carboxylic acids is 1. The molecule has 2 aliphatic rings. The summed E-state index contributed by atoms with van der Waals surface area (Å²) in [7, 11) is -3.88. The van der Waals surface area contributed by atoms with E-state index in [9.17, 15) is 13.2 Å². The number of anilines is 1. The summed E-state index contributed by atoms with van der Waals surface area (Å²) < 4.78 is 44.1. The van der Waals surface area contributed by atoms with Crippen molar-refractivity contribution in [3.05, 3.63) is 41.4 Å². The molecule has 166 valence electrons. The molecule has 1 saturated heterocycles. The Hall–Kier alpha value is -2.49. The van der Waals surface area contributed by atoms with Crippen molar-refractivity contribution in [3.8, 4) is 17.2 Å². The van der Waals surface area contributed by atoms with Crippen LogP contribution in [-0.4, -0.2) is 45.1 Å². The van der Waals surface area contributed by atoms with Gasteiger partial charge >= 0.3 is 0 Å². The number of fused-ring (bicyclic) bond motifs is 1. The lowest BCUT2D eigenvalue weighted by Gasteiger charge is -2.31. The molecule has 31 heavy (non-hydrogen) atoms. The van der Waals surface area contributed by atoms with Crippen LogP contribution in [0.5, 0.6) is 17.2 Å². The molecule has 8 nitrogen and oxygen atoms in total. The lowest BCUT2D eigenvalue weighted by atomic mass is 9.98. The van der Waals surface area contributed by atoms with Gasteiger partial charge in [0.2, 0.25) is 22.7 Å². The normalized spacial score (nSPS) is 18.6. The lowest BCUT2D eigenvalue weighted by Crippen LogP contribution is -2.43. The molecule has 0 saturated carbocycles. The van der Waals surface area contributed by atoms with Crippen LogP contribution in [0.4, 0.5) is 5.69 Å². The lowest BCUT2D eigenvalue weighted by molar-refractivity contribution is -0.120. The summed E-state index contributed by atoms with van der Waals surface area (Å²) in [6.45, 7) is 2.66. The molecule has 0 bridgehead atoms. The number of hydrogen-bond donors (Lipinski definition) is 1. The van der Waals surface area contributed by atoms with Gasteiger partial charge in [-0.15, -0.1) is 0 Å². The number of amides is 1. The Morgan fingerprint density at radius 3 is 2.84 bits per heavy atom. The molecule has 2 aromatic carbocycles. The maximum atomic E-state index is 13.3. The summed E-state index contributed by atoms with van der Waals surface area (Å²) in [6.07, 6.45) is 1.17. The van der Waals surface area contributed by atoms with Gasteiger partial charge in [-0.1, -0.05) is 11.6 Å². The van der Waals surface area contributed by atoms with Crippen molar-refractivity contribution in [3.63, 3.8) is 0 Å². The second-order valence-electron chi connectivity index (χ2n) is 7.28. The summed E-state index contributed by atoms with van der Waals surface area (Å²) in [5.74, 6) is 0.715. The Balaban J connectivity index is 1.50. The van der Waals surface area contributed by atoms with Gasteiger partial charge in [0.15, 0.2) is 11.5 Å². The molecule has 0 spiro atoms. The maximum Gasteiger partial charge on any atom is 0.246 e. The van der Waals surface area contributed by atoms with E-state index in [1.54, 1.807) is 37.3 Å². The number of benzene rings is 2. The summed E-state index contributed by atoms with van der Waals surface area (Å²) >= 11 is 6.05. The van der Waals surface area contributed by atoms with Crippen LogP contribution in [0, 0.1) is 5.92 Å². The highest BCUT2D eigenvalue weighted by atomic mass is 35.5. The highest BCUT2D eigenvalue weighted by Crippen LogP contribution is 2.35. The molecular weight excluding hydrogens is 444 g/mol. The number of ether oxygens (including phenoxy) is 3. The number of halogens is 1. The Labute approximate surface area is 186 Å². The molecule has 2 aliphatic heterocycles. The molecule has 2 heterocycles. The minimum atomic E-state index is -3.88. The quantitative estimate of drug-likeness (QED) is 0.700. The molecule has 1 N–H and O–H groups in total. The fourth-order valence-electron chi connectivity index (χ4n) is 3.69. The first-order chi connectivity index (χ1) is 14.9. The van der Waals surface area contributed by atoms with E-state index in [-0.39, 0.29) is 29.9 Å². The van der Waals surface area contributed by atoms with Gasteiger partial charge in [-0.25, -0.2) is 8.42 Å². The minimum Gasteiger partial charge on any atom is -0.492 e. The van der Waals surface area contributed by atoms with Gasteiger partial charge in [-0.05, 0) is 50.1 Å². The van der Waals surface area contributed by atoms with Crippen molar-refractivity contribution in [1.82, 2.24) is 4.31 Å². The molecule has 1 fully saturated rings. The third-order valence-corrected chi connectivity index (χ3v) is 7.34. The molecule has 0 unspecified atom stereocenters. The number of carbonyl (C=O) groups is 1. The van der Waals surface area contributed by atoms with Crippen LogP contribution >= 0.6 is 11.6 Å². The van der Waals surface area contributed by atoms with Crippen molar-refractivity contribution >= 4 is 33.2 Å². The summed E-state index contributed by atoms with van der Waals surface area (Å²) in [4.78, 5) is 12.9. The number of rotatable bonds is 6. The molecule has 0 aromatic heterocycles. The van der Waals surface area contributed by atoms with Crippen molar-refractivity contribution < 1.29 is 27.4 Å². The standard InChI is InChI=1S/C21H23ClN2O6S/c1-2-28-18-7-5-15(22)10-20(18)31(26,27)24-9-3-4-14(12-24)21(25)23-16-6-8-17-19(11-16)30-13-29-17/h5-8,10-11,14H,2-4,9,12-13H2,1H3,(H,23,25)/t14-/m0/s1. The van der Waals surface area contributed by atoms with E-state index in [1.807, 2.05) is 0 Å². The van der Waals surface area contributed by atoms with Crippen molar-refractivity contribution in [1.29, 1.82) is 0 Å². The van der Waals surface area contributed by atoms with Crippen LogP contribution in [0.15, 0.2) is 41.3 Å². The Bertz CT molecular complexity index is 1090. The third kappa shape index (κ3) is 4.58. The smallest absolute Gasteiger partial charge is 0.246 e. The highest BCUT2D eigenvalue weighted by Gasteiger charge is 2.35. The van der Waals surface area contributed by atoms with Crippen LogP contribution in [0.25, 0.3) is 0 Å². The monoisotopic (exact) mass is 466 g/mol. The van der Waals surface area contributed by atoms with Crippen LogP contribution < -0.4 is 19.5 Å². The zero-order valence-electron chi connectivity index (χ0n) is 17.0. The molecule has 1 atom stereocenters. The first-order valence-electron chi connectivity index (χ1n) is 10.0. The van der Waals surface area contributed by atoms with Gasteiger partial charge in [-0.2, -0.15) is 4.31 Å². The third-order valence-electron chi connectivity index (χ3n) is 5.22. The van der Waals surface area contributed by atoms with E-state index in [2.05, 4.69) is 5.32 Å². The van der Waals surface area contributed by atoms with E-state index in [0.717, 1.165) is 0 Å². The molecule has 2 aromatic rings.